The van der Waals surface area contributed by atoms with Crippen LogP contribution in [0.1, 0.15) is 59.3 Å². The van der Waals surface area contributed by atoms with E-state index in [1.165, 1.54) is 58.2 Å². The first-order valence-corrected chi connectivity index (χ1v) is 8.19. The second-order valence-electron chi connectivity index (χ2n) is 6.46. The van der Waals surface area contributed by atoms with Gasteiger partial charge in [-0.3, -0.25) is 0 Å². The Hall–Kier alpha value is -0.0800. The minimum absolute atomic E-state index is 0.678. The Bertz CT molecular complexity index is 237. The quantitative estimate of drug-likeness (QED) is 0.780. The lowest BCUT2D eigenvalue weighted by atomic mass is 9.71. The van der Waals surface area contributed by atoms with Crippen LogP contribution in [0.4, 0.5) is 0 Å². The van der Waals surface area contributed by atoms with Gasteiger partial charge in [-0.15, -0.1) is 0 Å². The van der Waals surface area contributed by atoms with E-state index >= 15 is 0 Å². The van der Waals surface area contributed by atoms with Gasteiger partial charge in [-0.25, -0.2) is 0 Å². The lowest BCUT2D eigenvalue weighted by Crippen LogP contribution is -2.54. The zero-order chi connectivity index (χ0) is 13.0. The maximum Gasteiger partial charge on any atom is 0.0136 e. The van der Waals surface area contributed by atoms with Crippen molar-refractivity contribution in [2.75, 3.05) is 26.2 Å². The fourth-order valence-electron chi connectivity index (χ4n) is 3.89. The molecule has 2 aliphatic rings. The van der Waals surface area contributed by atoms with Crippen molar-refractivity contribution in [3.63, 3.8) is 0 Å². The summed E-state index contributed by atoms with van der Waals surface area (Å²) < 4.78 is 0. The fraction of sp³-hybridized carbons (Fsp3) is 1.00. The molecule has 0 amide bonds. The zero-order valence-corrected chi connectivity index (χ0v) is 12.7. The molecule has 2 heteroatoms. The van der Waals surface area contributed by atoms with Crippen LogP contribution in [0.3, 0.4) is 0 Å². The van der Waals surface area contributed by atoms with Gasteiger partial charge < -0.3 is 10.2 Å². The highest BCUT2D eigenvalue weighted by atomic mass is 15.2. The molecule has 1 saturated carbocycles. The van der Waals surface area contributed by atoms with E-state index in [9.17, 15) is 0 Å². The molecule has 18 heavy (non-hydrogen) atoms. The molecular formula is C16H32N2. The Labute approximate surface area is 114 Å². The van der Waals surface area contributed by atoms with Crippen molar-refractivity contribution < 1.29 is 0 Å². The predicted molar refractivity (Wildman–Crippen MR) is 78.9 cm³/mol. The van der Waals surface area contributed by atoms with Crippen molar-refractivity contribution in [3.8, 4) is 0 Å². The second-order valence-corrected chi connectivity index (χ2v) is 6.46. The normalized spacial score (nSPS) is 32.2. The fourth-order valence-corrected chi connectivity index (χ4v) is 3.89. The summed E-state index contributed by atoms with van der Waals surface area (Å²) in [5, 5.41) is 3.53. The summed E-state index contributed by atoms with van der Waals surface area (Å²) >= 11 is 0. The van der Waals surface area contributed by atoms with Gasteiger partial charge in [0.15, 0.2) is 0 Å². The molecule has 106 valence electrons. The van der Waals surface area contributed by atoms with Gasteiger partial charge in [-0.2, -0.15) is 0 Å². The predicted octanol–water partition coefficient (Wildman–Crippen LogP) is 3.28. The number of hydrogen-bond acceptors (Lipinski definition) is 2. The van der Waals surface area contributed by atoms with Crippen LogP contribution in [0.5, 0.6) is 0 Å². The molecule has 0 aromatic heterocycles. The van der Waals surface area contributed by atoms with Crippen molar-refractivity contribution in [2.24, 2.45) is 11.3 Å². The molecule has 2 fully saturated rings. The maximum absolute atomic E-state index is 3.53. The minimum Gasteiger partial charge on any atom is -0.317 e. The van der Waals surface area contributed by atoms with E-state index < -0.39 is 0 Å². The van der Waals surface area contributed by atoms with Crippen LogP contribution in [0.15, 0.2) is 0 Å². The SMILES string of the molecule is CCNCC1CCC1N1CCC(CC)(CC)CC1. The van der Waals surface area contributed by atoms with E-state index in [2.05, 4.69) is 31.0 Å². The summed E-state index contributed by atoms with van der Waals surface area (Å²) in [7, 11) is 0. The summed E-state index contributed by atoms with van der Waals surface area (Å²) in [5.74, 6) is 0.931. The van der Waals surface area contributed by atoms with Gasteiger partial charge in [0.25, 0.3) is 0 Å². The molecule has 1 N–H and O–H groups in total. The van der Waals surface area contributed by atoms with Gasteiger partial charge in [-0.05, 0) is 63.2 Å². The first-order valence-electron chi connectivity index (χ1n) is 8.19. The summed E-state index contributed by atoms with van der Waals surface area (Å²) in [6, 6.07) is 0.899. The molecule has 2 nitrogen and oxygen atoms in total. The lowest BCUT2D eigenvalue weighted by molar-refractivity contribution is 0.00532. The molecule has 0 radical (unpaired) electrons. The molecule has 1 saturated heterocycles. The standard InChI is InChI=1S/C16H32N2/c1-4-16(5-2)9-11-18(12-10-16)15-8-7-14(15)13-17-6-3/h14-15,17H,4-13H2,1-3H3. The molecule has 1 aliphatic heterocycles. The molecule has 0 bridgehead atoms. The Balaban J connectivity index is 1.79. The lowest BCUT2D eigenvalue weighted by Gasteiger charge is -2.50. The van der Waals surface area contributed by atoms with Crippen LogP contribution in [0, 0.1) is 11.3 Å². The topological polar surface area (TPSA) is 15.3 Å². The Morgan fingerprint density at radius 1 is 1.06 bits per heavy atom. The van der Waals surface area contributed by atoms with E-state index in [1.54, 1.807) is 0 Å². The van der Waals surface area contributed by atoms with Crippen LogP contribution in [-0.4, -0.2) is 37.1 Å². The minimum atomic E-state index is 0.678. The van der Waals surface area contributed by atoms with Crippen LogP contribution in [0.25, 0.3) is 0 Å². The van der Waals surface area contributed by atoms with Crippen LogP contribution in [0.2, 0.25) is 0 Å². The molecule has 0 aromatic rings. The van der Waals surface area contributed by atoms with Gasteiger partial charge in [0, 0.05) is 6.04 Å². The van der Waals surface area contributed by atoms with Crippen LogP contribution >= 0.6 is 0 Å². The third-order valence-electron chi connectivity index (χ3n) is 5.86. The van der Waals surface area contributed by atoms with Crippen molar-refractivity contribution in [2.45, 2.75) is 65.3 Å². The molecule has 0 aromatic carbocycles. The first-order chi connectivity index (χ1) is 8.74. The Morgan fingerprint density at radius 3 is 2.17 bits per heavy atom. The second kappa shape index (κ2) is 6.38. The average Bonchev–Trinajstić information content (AvgIpc) is 2.39. The van der Waals surface area contributed by atoms with Crippen LogP contribution < -0.4 is 5.32 Å². The van der Waals surface area contributed by atoms with E-state index in [-0.39, 0.29) is 0 Å². The Kier molecular flexibility index (Phi) is 5.08. The van der Waals surface area contributed by atoms with Gasteiger partial charge in [0.05, 0.1) is 0 Å². The molecule has 0 spiro atoms. The van der Waals surface area contributed by atoms with E-state index in [1.807, 2.05) is 0 Å². The molecule has 1 heterocycles. The van der Waals surface area contributed by atoms with Crippen molar-refractivity contribution in [1.82, 2.24) is 10.2 Å². The number of nitrogens with zero attached hydrogens (tertiary/aromatic N) is 1. The highest BCUT2D eigenvalue weighted by molar-refractivity contribution is 4.94. The summed E-state index contributed by atoms with van der Waals surface area (Å²) in [4.78, 5) is 2.80. The number of hydrogen-bond donors (Lipinski definition) is 1. The zero-order valence-electron chi connectivity index (χ0n) is 12.7. The van der Waals surface area contributed by atoms with E-state index in [0.29, 0.717) is 5.41 Å². The molecular weight excluding hydrogens is 220 g/mol. The highest BCUT2D eigenvalue weighted by Gasteiger charge is 2.39. The summed E-state index contributed by atoms with van der Waals surface area (Å²) in [5.41, 5.74) is 0.678. The van der Waals surface area contributed by atoms with Crippen molar-refractivity contribution >= 4 is 0 Å². The van der Waals surface area contributed by atoms with Crippen molar-refractivity contribution in [1.29, 1.82) is 0 Å². The third kappa shape index (κ3) is 2.91. The number of likely N-dealkylation sites (tertiary alicyclic amines) is 1. The molecule has 1 aliphatic carbocycles. The van der Waals surface area contributed by atoms with Gasteiger partial charge >= 0.3 is 0 Å². The smallest absolute Gasteiger partial charge is 0.0136 e. The number of nitrogens with one attached hydrogen (secondary N) is 1. The van der Waals surface area contributed by atoms with Gasteiger partial charge in [0.1, 0.15) is 0 Å². The summed E-state index contributed by atoms with van der Waals surface area (Å²) in [6.07, 6.45) is 8.52. The monoisotopic (exact) mass is 252 g/mol. The Morgan fingerprint density at radius 2 is 1.72 bits per heavy atom. The molecule has 2 rings (SSSR count). The largest absolute Gasteiger partial charge is 0.317 e. The molecule has 2 atom stereocenters. The van der Waals surface area contributed by atoms with Crippen LogP contribution in [-0.2, 0) is 0 Å². The number of piperidine rings is 1. The number of rotatable bonds is 6. The van der Waals surface area contributed by atoms with Gasteiger partial charge in [-0.1, -0.05) is 33.6 Å². The highest BCUT2D eigenvalue weighted by Crippen LogP contribution is 2.41. The summed E-state index contributed by atoms with van der Waals surface area (Å²) in [6.45, 7) is 12.1. The third-order valence-corrected chi connectivity index (χ3v) is 5.86. The average molecular weight is 252 g/mol. The van der Waals surface area contributed by atoms with Crippen molar-refractivity contribution in [3.05, 3.63) is 0 Å². The van der Waals surface area contributed by atoms with Gasteiger partial charge in [0.2, 0.25) is 0 Å². The van der Waals surface area contributed by atoms with E-state index in [4.69, 9.17) is 0 Å². The first kappa shape index (κ1) is 14.3. The van der Waals surface area contributed by atoms with E-state index in [0.717, 1.165) is 18.5 Å². The molecule has 2 unspecified atom stereocenters. The maximum atomic E-state index is 3.53.